The van der Waals surface area contributed by atoms with Crippen molar-refractivity contribution in [3.05, 3.63) is 64.0 Å². The van der Waals surface area contributed by atoms with Crippen LogP contribution in [0.1, 0.15) is 12.8 Å². The molecule has 1 aliphatic heterocycles. The molecule has 0 amide bonds. The van der Waals surface area contributed by atoms with E-state index in [1.807, 2.05) is 29.6 Å². The summed E-state index contributed by atoms with van der Waals surface area (Å²) in [6, 6.07) is 13.0. The van der Waals surface area contributed by atoms with Crippen molar-refractivity contribution in [2.45, 2.75) is 23.0 Å². The third-order valence-corrected chi connectivity index (χ3v) is 8.55. The van der Waals surface area contributed by atoms with E-state index in [1.165, 1.54) is 29.5 Å². The van der Waals surface area contributed by atoms with Gasteiger partial charge in [0.05, 0.1) is 27.9 Å². The normalized spacial score (nSPS) is 15.1. The number of benzene rings is 2. The number of nitrogens with zero attached hydrogens (tertiary/aromatic N) is 3. The lowest BCUT2D eigenvalue weighted by Gasteiger charge is -2.31. The summed E-state index contributed by atoms with van der Waals surface area (Å²) in [5.41, 5.74) is 1.65. The molecule has 0 spiro atoms. The Morgan fingerprint density at radius 3 is 2.52 bits per heavy atom. The fourth-order valence-corrected chi connectivity index (χ4v) is 6.29. The van der Waals surface area contributed by atoms with Gasteiger partial charge in [-0.15, -0.1) is 11.3 Å². The number of methoxy groups -OCH3 is 1. The lowest BCUT2D eigenvalue weighted by Crippen LogP contribution is -2.39. The molecule has 31 heavy (non-hydrogen) atoms. The van der Waals surface area contributed by atoms with E-state index in [1.54, 1.807) is 7.11 Å². The minimum absolute atomic E-state index is 0.0104. The summed E-state index contributed by atoms with van der Waals surface area (Å²) >= 11 is 1.53. The van der Waals surface area contributed by atoms with Gasteiger partial charge in [0.1, 0.15) is 5.75 Å². The van der Waals surface area contributed by atoms with Crippen LogP contribution in [0.2, 0.25) is 0 Å². The Labute approximate surface area is 184 Å². The largest absolute Gasteiger partial charge is 0.497 e. The van der Waals surface area contributed by atoms with Gasteiger partial charge in [0.2, 0.25) is 0 Å². The Hall–Kier alpha value is -2.98. The Morgan fingerprint density at radius 2 is 1.87 bits per heavy atom. The number of piperidine rings is 1. The summed E-state index contributed by atoms with van der Waals surface area (Å²) < 4.78 is 31.1. The van der Waals surface area contributed by atoms with E-state index in [4.69, 9.17) is 9.72 Å². The minimum Gasteiger partial charge on any atom is -0.497 e. The summed E-state index contributed by atoms with van der Waals surface area (Å²) in [7, 11) is -2.00. The number of anilines is 1. The number of sulfone groups is 1. The number of nitro groups is 1. The third kappa shape index (κ3) is 4.40. The first-order valence-corrected chi connectivity index (χ1v) is 12.1. The van der Waals surface area contributed by atoms with Crippen molar-refractivity contribution in [2.24, 2.45) is 0 Å². The first kappa shape index (κ1) is 21.3. The molecule has 1 fully saturated rings. The third-order valence-electron chi connectivity index (χ3n) is 5.39. The molecular formula is C21H21N3O5S2. The van der Waals surface area contributed by atoms with Crippen LogP contribution in [0.3, 0.4) is 0 Å². The number of ether oxygens (including phenoxy) is 1. The molecule has 162 valence electrons. The molecule has 1 aliphatic rings. The van der Waals surface area contributed by atoms with E-state index in [0.717, 1.165) is 28.2 Å². The van der Waals surface area contributed by atoms with Crippen LogP contribution in [0.15, 0.2) is 58.8 Å². The second-order valence-corrected chi connectivity index (χ2v) is 10.3. The minimum atomic E-state index is -3.63. The average Bonchev–Trinajstić information content (AvgIpc) is 3.29. The molecule has 0 N–H and O–H groups in total. The fourth-order valence-electron chi connectivity index (χ4n) is 3.63. The zero-order valence-electron chi connectivity index (χ0n) is 16.8. The Morgan fingerprint density at radius 1 is 1.16 bits per heavy atom. The molecule has 0 unspecified atom stereocenters. The van der Waals surface area contributed by atoms with Crippen LogP contribution in [0.5, 0.6) is 5.75 Å². The molecule has 0 bridgehead atoms. The van der Waals surface area contributed by atoms with Crippen LogP contribution in [0.25, 0.3) is 11.3 Å². The van der Waals surface area contributed by atoms with Crippen molar-refractivity contribution in [1.29, 1.82) is 0 Å². The molecule has 8 nitrogen and oxygen atoms in total. The van der Waals surface area contributed by atoms with Gasteiger partial charge >= 0.3 is 0 Å². The molecule has 3 aromatic rings. The molecule has 2 heterocycles. The van der Waals surface area contributed by atoms with Crippen molar-refractivity contribution in [1.82, 2.24) is 4.98 Å². The molecule has 4 rings (SSSR count). The van der Waals surface area contributed by atoms with E-state index in [0.29, 0.717) is 25.9 Å². The quantitative estimate of drug-likeness (QED) is 0.403. The van der Waals surface area contributed by atoms with Gasteiger partial charge in [-0.05, 0) is 43.2 Å². The first-order valence-electron chi connectivity index (χ1n) is 9.72. The number of nitro benzene ring substituents is 1. The topological polar surface area (TPSA) is 103 Å². The Bertz CT molecular complexity index is 1180. The van der Waals surface area contributed by atoms with Crippen LogP contribution in [0.4, 0.5) is 10.8 Å². The monoisotopic (exact) mass is 459 g/mol. The zero-order chi connectivity index (χ0) is 22.0. The van der Waals surface area contributed by atoms with Gasteiger partial charge in [-0.3, -0.25) is 10.1 Å². The second kappa shape index (κ2) is 8.64. The Balaban J connectivity index is 1.44. The van der Waals surface area contributed by atoms with Crippen molar-refractivity contribution < 1.29 is 18.1 Å². The van der Waals surface area contributed by atoms with Crippen LogP contribution in [-0.2, 0) is 9.84 Å². The summed E-state index contributed by atoms with van der Waals surface area (Å²) in [6.07, 6.45) is 0.894. The fraction of sp³-hybridized carbons (Fsp3) is 0.286. The molecule has 2 aromatic carbocycles. The van der Waals surface area contributed by atoms with Gasteiger partial charge in [0.15, 0.2) is 15.0 Å². The van der Waals surface area contributed by atoms with Crippen molar-refractivity contribution in [2.75, 3.05) is 25.1 Å². The van der Waals surface area contributed by atoms with Gasteiger partial charge in [-0.1, -0.05) is 6.07 Å². The lowest BCUT2D eigenvalue weighted by molar-refractivity contribution is -0.385. The lowest BCUT2D eigenvalue weighted by atomic mass is 10.1. The molecule has 0 aliphatic carbocycles. The maximum absolute atomic E-state index is 13.0. The van der Waals surface area contributed by atoms with E-state index >= 15 is 0 Å². The van der Waals surface area contributed by atoms with Gasteiger partial charge in [0, 0.05) is 36.2 Å². The van der Waals surface area contributed by atoms with Gasteiger partial charge in [-0.25, -0.2) is 13.4 Å². The molecule has 1 saturated heterocycles. The summed E-state index contributed by atoms with van der Waals surface area (Å²) in [5.74, 6) is 0.784. The van der Waals surface area contributed by atoms with E-state index in [9.17, 15) is 18.5 Å². The predicted octanol–water partition coefficient (Wildman–Crippen LogP) is 4.17. The number of aromatic nitrogens is 1. The highest BCUT2D eigenvalue weighted by Crippen LogP contribution is 2.32. The summed E-state index contributed by atoms with van der Waals surface area (Å²) in [4.78, 5) is 17.2. The molecule has 0 atom stereocenters. The number of hydrogen-bond donors (Lipinski definition) is 0. The maximum Gasteiger partial charge on any atom is 0.270 e. The molecule has 0 saturated carbocycles. The van der Waals surface area contributed by atoms with Crippen LogP contribution in [0, 0.1) is 10.1 Å². The molecule has 0 radical (unpaired) electrons. The van der Waals surface area contributed by atoms with Gasteiger partial charge < -0.3 is 9.64 Å². The number of non-ortho nitro benzene ring substituents is 1. The van der Waals surface area contributed by atoms with E-state index in [-0.39, 0.29) is 10.6 Å². The van der Waals surface area contributed by atoms with Crippen LogP contribution < -0.4 is 9.64 Å². The molecule has 1 aromatic heterocycles. The molecular weight excluding hydrogens is 438 g/mol. The van der Waals surface area contributed by atoms with Gasteiger partial charge in [-0.2, -0.15) is 0 Å². The average molecular weight is 460 g/mol. The number of thiazole rings is 1. The Kier molecular flexibility index (Phi) is 5.92. The van der Waals surface area contributed by atoms with E-state index < -0.39 is 20.0 Å². The van der Waals surface area contributed by atoms with Crippen molar-refractivity contribution in [3.8, 4) is 17.0 Å². The standard InChI is InChI=1S/C21H21N3O5S2/c1-29-17-7-5-15(6-8-17)20-14-30-21(22-20)23-11-9-18(10-12-23)31(27,28)19-4-2-3-16(13-19)24(25)26/h2-8,13-14,18H,9-12H2,1H3. The van der Waals surface area contributed by atoms with E-state index in [2.05, 4.69) is 4.90 Å². The molecule has 10 heteroatoms. The summed E-state index contributed by atoms with van der Waals surface area (Å²) in [5, 5.41) is 13.3. The number of rotatable bonds is 6. The number of hydrogen-bond acceptors (Lipinski definition) is 8. The highest BCUT2D eigenvalue weighted by atomic mass is 32.2. The smallest absolute Gasteiger partial charge is 0.270 e. The van der Waals surface area contributed by atoms with Gasteiger partial charge in [0.25, 0.3) is 5.69 Å². The highest BCUT2D eigenvalue weighted by Gasteiger charge is 2.32. The first-order chi connectivity index (χ1) is 14.9. The van der Waals surface area contributed by atoms with Crippen LogP contribution >= 0.6 is 11.3 Å². The zero-order valence-corrected chi connectivity index (χ0v) is 18.4. The highest BCUT2D eigenvalue weighted by molar-refractivity contribution is 7.92. The predicted molar refractivity (Wildman–Crippen MR) is 120 cm³/mol. The second-order valence-electron chi connectivity index (χ2n) is 7.23. The summed E-state index contributed by atoms with van der Waals surface area (Å²) in [6.45, 7) is 1.13. The SMILES string of the molecule is COc1ccc(-c2csc(N3CCC(S(=O)(=O)c4cccc([N+](=O)[O-])c4)CC3)n2)cc1. The van der Waals surface area contributed by atoms with Crippen molar-refractivity contribution in [3.63, 3.8) is 0 Å². The van der Waals surface area contributed by atoms with Crippen LogP contribution in [-0.4, -0.2) is 43.8 Å². The van der Waals surface area contributed by atoms with Crippen molar-refractivity contribution >= 4 is 32.0 Å². The maximum atomic E-state index is 13.0.